The fourth-order valence-electron chi connectivity index (χ4n) is 6.84. The Labute approximate surface area is 260 Å². The van der Waals surface area contributed by atoms with Crippen LogP contribution >= 0.6 is 0 Å². The van der Waals surface area contributed by atoms with Crippen LogP contribution in [0.15, 0.2) is 84.9 Å². The summed E-state index contributed by atoms with van der Waals surface area (Å²) in [4.78, 5) is 30.8. The van der Waals surface area contributed by atoms with Crippen LogP contribution < -0.4 is 5.32 Å². The van der Waals surface area contributed by atoms with E-state index in [1.54, 1.807) is 0 Å². The van der Waals surface area contributed by atoms with E-state index in [-0.39, 0.29) is 17.7 Å². The minimum absolute atomic E-state index is 0.0472. The largest absolute Gasteiger partial charge is 0.379 e. The van der Waals surface area contributed by atoms with E-state index >= 15 is 0 Å². The number of amides is 2. The molecule has 2 aliphatic heterocycles. The molecular weight excluding hydrogens is 548 g/mol. The second-order valence-corrected chi connectivity index (χ2v) is 11.9. The fraction of sp³-hybridized carbons (Fsp3) is 0.405. The molecule has 0 bridgehead atoms. The molecule has 0 unspecified atom stereocenters. The normalized spacial score (nSPS) is 15.8. The molecule has 7 heteroatoms. The molecule has 1 aromatic heterocycles. The van der Waals surface area contributed by atoms with Gasteiger partial charge in [-0.1, -0.05) is 78.9 Å². The Bertz CT molecular complexity index is 1490. The van der Waals surface area contributed by atoms with Crippen LogP contribution in [0, 0.1) is 0 Å². The summed E-state index contributed by atoms with van der Waals surface area (Å²) in [6.07, 6.45) is 4.36. The van der Waals surface area contributed by atoms with Gasteiger partial charge in [-0.05, 0) is 49.4 Å². The number of nitrogens with one attached hydrogen (secondary N) is 1. The number of benzene rings is 3. The van der Waals surface area contributed by atoms with E-state index in [0.29, 0.717) is 19.5 Å². The van der Waals surface area contributed by atoms with Gasteiger partial charge in [-0.15, -0.1) is 0 Å². The quantitative estimate of drug-likeness (QED) is 0.203. The predicted molar refractivity (Wildman–Crippen MR) is 175 cm³/mol. The number of likely N-dealkylation sites (tertiary alicyclic amines) is 1. The third kappa shape index (κ3) is 6.90. The molecule has 0 atom stereocenters. The highest BCUT2D eigenvalue weighted by Gasteiger charge is 2.30. The predicted octanol–water partition coefficient (Wildman–Crippen LogP) is 5.68. The molecule has 1 N–H and O–H groups in total. The lowest BCUT2D eigenvalue weighted by molar-refractivity contribution is -0.127. The average molecular weight is 593 g/mol. The zero-order chi connectivity index (χ0) is 30.1. The standard InChI is InChI=1S/C37H44N4O3/c42-33-19-11-22-40(33)23-12-20-38-37(43)36-35(34(29-13-3-1-4-14-29)30-15-5-2-6-16-30)31-17-7-8-18-32(31)41(36)24-10-9-21-39-25-27-44-28-26-39/h1-8,13-18,34H,9-12,19-28H2,(H,38,43). The van der Waals surface area contributed by atoms with Crippen molar-refractivity contribution in [2.24, 2.45) is 0 Å². The summed E-state index contributed by atoms with van der Waals surface area (Å²) in [5.41, 5.74) is 5.22. The molecule has 230 valence electrons. The highest BCUT2D eigenvalue weighted by molar-refractivity contribution is 6.02. The van der Waals surface area contributed by atoms with E-state index < -0.39 is 0 Å². The summed E-state index contributed by atoms with van der Waals surface area (Å²) in [6, 6.07) is 29.6. The van der Waals surface area contributed by atoms with E-state index in [1.807, 2.05) is 17.0 Å². The Morgan fingerprint density at radius 3 is 2.11 bits per heavy atom. The zero-order valence-corrected chi connectivity index (χ0v) is 25.6. The molecule has 7 nitrogen and oxygen atoms in total. The summed E-state index contributed by atoms with van der Waals surface area (Å²) < 4.78 is 7.79. The molecule has 44 heavy (non-hydrogen) atoms. The number of para-hydroxylation sites is 1. The van der Waals surface area contributed by atoms with Crippen LogP contribution in [0.3, 0.4) is 0 Å². The number of carbonyl (C=O) groups is 2. The molecule has 0 radical (unpaired) electrons. The first-order valence-corrected chi connectivity index (χ1v) is 16.3. The van der Waals surface area contributed by atoms with Crippen molar-refractivity contribution in [1.29, 1.82) is 0 Å². The van der Waals surface area contributed by atoms with Crippen molar-refractivity contribution < 1.29 is 14.3 Å². The van der Waals surface area contributed by atoms with Crippen molar-refractivity contribution in [3.8, 4) is 0 Å². The van der Waals surface area contributed by atoms with Crippen molar-refractivity contribution in [3.63, 3.8) is 0 Å². The second kappa shape index (κ2) is 14.7. The first-order chi connectivity index (χ1) is 21.7. The molecule has 2 fully saturated rings. The van der Waals surface area contributed by atoms with Crippen LogP contribution in [-0.4, -0.2) is 78.7 Å². The van der Waals surface area contributed by atoms with Gasteiger partial charge in [0, 0.05) is 68.1 Å². The van der Waals surface area contributed by atoms with Gasteiger partial charge in [0.2, 0.25) is 5.91 Å². The Hall–Kier alpha value is -3.94. The molecule has 3 aromatic carbocycles. The fourth-order valence-corrected chi connectivity index (χ4v) is 6.84. The molecule has 6 rings (SSSR count). The molecule has 3 heterocycles. The van der Waals surface area contributed by atoms with Crippen LogP contribution in [0.2, 0.25) is 0 Å². The monoisotopic (exact) mass is 592 g/mol. The number of fused-ring (bicyclic) bond motifs is 1. The molecule has 2 aliphatic rings. The smallest absolute Gasteiger partial charge is 0.268 e. The summed E-state index contributed by atoms with van der Waals surface area (Å²) in [6.45, 7) is 7.45. The van der Waals surface area contributed by atoms with Crippen molar-refractivity contribution in [3.05, 3.63) is 107 Å². The molecule has 2 amide bonds. The van der Waals surface area contributed by atoms with Gasteiger partial charge < -0.3 is 19.5 Å². The molecule has 4 aromatic rings. The summed E-state index contributed by atoms with van der Waals surface area (Å²) >= 11 is 0. The molecular formula is C37H44N4O3. The van der Waals surface area contributed by atoms with E-state index in [9.17, 15) is 9.59 Å². The van der Waals surface area contributed by atoms with E-state index in [1.165, 1.54) is 0 Å². The number of hydrogen-bond donors (Lipinski definition) is 1. The summed E-state index contributed by atoms with van der Waals surface area (Å²) in [5.74, 6) is 0.0817. The first kappa shape index (κ1) is 30.1. The molecule has 0 aliphatic carbocycles. The van der Waals surface area contributed by atoms with Crippen LogP contribution in [-0.2, 0) is 16.1 Å². The number of morpholine rings is 1. The van der Waals surface area contributed by atoms with E-state index in [4.69, 9.17) is 4.74 Å². The minimum Gasteiger partial charge on any atom is -0.379 e. The molecule has 0 saturated carbocycles. The molecule has 0 spiro atoms. The van der Waals surface area contributed by atoms with Crippen molar-refractivity contribution in [2.45, 2.75) is 44.6 Å². The van der Waals surface area contributed by atoms with Crippen LogP contribution in [0.25, 0.3) is 10.9 Å². The lowest BCUT2D eigenvalue weighted by Crippen LogP contribution is -2.36. The zero-order valence-electron chi connectivity index (χ0n) is 25.6. The van der Waals surface area contributed by atoms with Gasteiger partial charge in [-0.2, -0.15) is 0 Å². The number of aromatic nitrogens is 1. The lowest BCUT2D eigenvalue weighted by Gasteiger charge is -2.26. The maximum Gasteiger partial charge on any atom is 0.268 e. The van der Waals surface area contributed by atoms with Gasteiger partial charge in [0.25, 0.3) is 5.91 Å². The topological polar surface area (TPSA) is 66.8 Å². The lowest BCUT2D eigenvalue weighted by atomic mass is 9.83. The first-order valence-electron chi connectivity index (χ1n) is 16.3. The maximum absolute atomic E-state index is 14.3. The molecule has 2 saturated heterocycles. The van der Waals surface area contributed by atoms with Gasteiger partial charge in [-0.25, -0.2) is 0 Å². The third-order valence-electron chi connectivity index (χ3n) is 9.05. The Morgan fingerprint density at radius 2 is 1.43 bits per heavy atom. The SMILES string of the molecule is O=C(NCCCN1CCCC1=O)c1c(C(c2ccccc2)c2ccccc2)c2ccccc2n1CCCCN1CCOCC1. The Morgan fingerprint density at radius 1 is 0.773 bits per heavy atom. The Kier molecular flexibility index (Phi) is 10.1. The number of nitrogens with zero attached hydrogens (tertiary/aromatic N) is 3. The highest BCUT2D eigenvalue weighted by Crippen LogP contribution is 2.40. The van der Waals surface area contributed by atoms with E-state index in [2.05, 4.69) is 87.6 Å². The summed E-state index contributed by atoms with van der Waals surface area (Å²) in [5, 5.41) is 4.38. The number of rotatable bonds is 13. The minimum atomic E-state index is -0.0973. The number of ether oxygens (including phenoxy) is 1. The van der Waals surface area contributed by atoms with Crippen molar-refractivity contribution in [1.82, 2.24) is 19.7 Å². The van der Waals surface area contributed by atoms with Gasteiger partial charge in [0.15, 0.2) is 0 Å². The Balaban J connectivity index is 1.34. The van der Waals surface area contributed by atoms with Crippen LogP contribution in [0.4, 0.5) is 0 Å². The highest BCUT2D eigenvalue weighted by atomic mass is 16.5. The second-order valence-electron chi connectivity index (χ2n) is 11.9. The van der Waals surface area contributed by atoms with Gasteiger partial charge in [0.1, 0.15) is 5.69 Å². The summed E-state index contributed by atoms with van der Waals surface area (Å²) in [7, 11) is 0. The third-order valence-corrected chi connectivity index (χ3v) is 9.05. The number of aryl methyl sites for hydroxylation is 1. The van der Waals surface area contributed by atoms with Crippen molar-refractivity contribution in [2.75, 3.05) is 52.5 Å². The number of unbranched alkanes of at least 4 members (excludes halogenated alkanes) is 1. The van der Waals surface area contributed by atoms with Crippen LogP contribution in [0.1, 0.15) is 65.2 Å². The van der Waals surface area contributed by atoms with Crippen molar-refractivity contribution >= 4 is 22.7 Å². The van der Waals surface area contributed by atoms with Gasteiger partial charge in [0.05, 0.1) is 13.2 Å². The van der Waals surface area contributed by atoms with Gasteiger partial charge in [-0.3, -0.25) is 14.5 Å². The van der Waals surface area contributed by atoms with E-state index in [0.717, 1.165) is 105 Å². The maximum atomic E-state index is 14.3. The average Bonchev–Trinajstić information content (AvgIpc) is 3.63. The number of carbonyl (C=O) groups excluding carboxylic acids is 2. The number of hydrogen-bond acceptors (Lipinski definition) is 4. The van der Waals surface area contributed by atoms with Gasteiger partial charge >= 0.3 is 0 Å². The van der Waals surface area contributed by atoms with Crippen LogP contribution in [0.5, 0.6) is 0 Å².